The van der Waals surface area contributed by atoms with Crippen LogP contribution in [-0.4, -0.2) is 34.8 Å². The molecule has 2 heterocycles. The van der Waals surface area contributed by atoms with Crippen LogP contribution in [0.4, 0.5) is 5.69 Å². The largest absolute Gasteiger partial charge is 0.457 e. The summed E-state index contributed by atoms with van der Waals surface area (Å²) in [6.45, 7) is 1.92. The summed E-state index contributed by atoms with van der Waals surface area (Å²) in [5.41, 5.74) is 2.90. The first-order valence-electron chi connectivity index (χ1n) is 9.86. The zero-order valence-electron chi connectivity index (χ0n) is 17.6. The van der Waals surface area contributed by atoms with Crippen molar-refractivity contribution in [1.29, 1.82) is 0 Å². The van der Waals surface area contributed by atoms with Crippen molar-refractivity contribution in [2.24, 2.45) is 0 Å². The Morgan fingerprint density at radius 3 is 2.58 bits per heavy atom. The Hall–Kier alpha value is -3.75. The number of aryl methyl sites for hydroxylation is 1. The van der Waals surface area contributed by atoms with Crippen molar-refractivity contribution in [2.75, 3.05) is 12.4 Å². The number of carbonyl (C=O) groups is 3. The molecule has 0 aliphatic carbocycles. The highest BCUT2D eigenvalue weighted by Crippen LogP contribution is 2.27. The number of furan rings is 1. The van der Waals surface area contributed by atoms with Gasteiger partial charge in [0.2, 0.25) is 5.91 Å². The van der Waals surface area contributed by atoms with Gasteiger partial charge < -0.3 is 9.73 Å². The van der Waals surface area contributed by atoms with Gasteiger partial charge in [0.1, 0.15) is 11.5 Å². The van der Waals surface area contributed by atoms with Crippen LogP contribution in [0.2, 0.25) is 5.02 Å². The molecule has 0 atom stereocenters. The summed E-state index contributed by atoms with van der Waals surface area (Å²) in [6.07, 6.45) is 2.81. The molecule has 2 aromatic carbocycles. The minimum atomic E-state index is -0.462. The van der Waals surface area contributed by atoms with Crippen molar-refractivity contribution in [2.45, 2.75) is 6.92 Å². The molecule has 0 spiro atoms. The van der Waals surface area contributed by atoms with E-state index >= 15 is 0 Å². The average Bonchev–Trinajstić information content (AvgIpc) is 3.34. The topological polar surface area (TPSA) is 91.7 Å². The van der Waals surface area contributed by atoms with Gasteiger partial charge in [0.25, 0.3) is 11.8 Å². The summed E-state index contributed by atoms with van der Waals surface area (Å²) < 4.78 is 5.75. The van der Waals surface area contributed by atoms with E-state index < -0.39 is 5.91 Å². The third-order valence-electron chi connectivity index (χ3n) is 5.07. The summed E-state index contributed by atoms with van der Waals surface area (Å²) in [4.78, 5) is 37.3. The molecule has 0 saturated carbocycles. The molecule has 0 radical (unpaired) electrons. The fourth-order valence-electron chi connectivity index (χ4n) is 3.26. The van der Waals surface area contributed by atoms with E-state index in [0.29, 0.717) is 27.8 Å². The fourth-order valence-corrected chi connectivity index (χ4v) is 3.66. The second-order valence-electron chi connectivity index (χ2n) is 7.37. The summed E-state index contributed by atoms with van der Waals surface area (Å²) in [5.74, 6) is -0.0848. The highest BCUT2D eigenvalue weighted by molar-refractivity contribution is 7.80. The van der Waals surface area contributed by atoms with Crippen LogP contribution in [0.15, 0.2) is 59.0 Å². The first-order valence-corrected chi connectivity index (χ1v) is 10.6. The van der Waals surface area contributed by atoms with Crippen LogP contribution in [0, 0.1) is 6.92 Å². The van der Waals surface area contributed by atoms with Crippen molar-refractivity contribution in [3.8, 4) is 11.3 Å². The van der Waals surface area contributed by atoms with Crippen LogP contribution < -0.4 is 10.6 Å². The predicted molar refractivity (Wildman–Crippen MR) is 130 cm³/mol. The molecule has 7 nitrogen and oxygen atoms in total. The molecule has 2 N–H and O–H groups in total. The predicted octanol–water partition coefficient (Wildman–Crippen LogP) is 4.66. The molecule has 3 amide bonds. The number of rotatable bonds is 4. The quantitative estimate of drug-likeness (QED) is 0.321. The number of halogens is 1. The second-order valence-corrected chi connectivity index (χ2v) is 8.19. The summed E-state index contributed by atoms with van der Waals surface area (Å²) in [7, 11) is 1.42. The third kappa shape index (κ3) is 4.72. The fraction of sp³-hybridized carbons (Fsp3) is 0.0833. The van der Waals surface area contributed by atoms with Crippen molar-refractivity contribution >= 4 is 58.4 Å². The Morgan fingerprint density at radius 2 is 1.82 bits per heavy atom. The zero-order valence-corrected chi connectivity index (χ0v) is 19.2. The van der Waals surface area contributed by atoms with Crippen LogP contribution in [0.3, 0.4) is 0 Å². The maximum Gasteiger partial charge on any atom is 0.261 e. The zero-order chi connectivity index (χ0) is 23.7. The van der Waals surface area contributed by atoms with Gasteiger partial charge in [-0.05, 0) is 67.2 Å². The number of fused-ring (bicyclic) bond motifs is 1. The first kappa shape index (κ1) is 22.4. The maximum absolute atomic E-state index is 12.2. The van der Waals surface area contributed by atoms with Gasteiger partial charge in [0.05, 0.1) is 11.1 Å². The SMILES string of the molecule is Cc1ccc(-c2ccc(/C=C/C(=O)NC(=S)Nc3ccc4c(c3)C(=O)N(C)C4=O)o2)cc1Cl. The number of anilines is 1. The Morgan fingerprint density at radius 1 is 1.06 bits per heavy atom. The molecule has 9 heteroatoms. The molecule has 0 unspecified atom stereocenters. The van der Waals surface area contributed by atoms with Crippen molar-refractivity contribution in [3.05, 3.63) is 82.1 Å². The van der Waals surface area contributed by atoms with Crippen molar-refractivity contribution in [3.63, 3.8) is 0 Å². The third-order valence-corrected chi connectivity index (χ3v) is 5.68. The lowest BCUT2D eigenvalue weighted by molar-refractivity contribution is -0.115. The minimum absolute atomic E-state index is 0.0455. The Bertz CT molecular complexity index is 1350. The van der Waals surface area contributed by atoms with Gasteiger partial charge in [-0.25, -0.2) is 0 Å². The van der Waals surface area contributed by atoms with Gasteiger partial charge in [0.15, 0.2) is 5.11 Å². The number of nitrogens with zero attached hydrogens (tertiary/aromatic N) is 1. The highest BCUT2D eigenvalue weighted by Gasteiger charge is 2.32. The number of imide groups is 1. The number of nitrogens with one attached hydrogen (secondary N) is 2. The number of hydrogen-bond donors (Lipinski definition) is 2. The van der Waals surface area contributed by atoms with E-state index in [1.807, 2.05) is 25.1 Å². The van der Waals surface area contributed by atoms with Gasteiger partial charge in [-0.15, -0.1) is 0 Å². The lowest BCUT2D eigenvalue weighted by atomic mass is 10.1. The standard InChI is InChI=1S/C24H18ClN3O4S/c1-13-3-4-14(11-19(13)25)20-9-6-16(32-20)7-10-21(29)27-24(33)26-15-5-8-17-18(12-15)23(31)28(2)22(17)30/h3-12H,1-2H3,(H2,26,27,29,33)/b10-7+. The van der Waals surface area contributed by atoms with E-state index in [1.165, 1.54) is 25.3 Å². The number of carbonyl (C=O) groups excluding carboxylic acids is 3. The summed E-state index contributed by atoms with van der Waals surface area (Å²) in [5, 5.41) is 6.05. The van der Waals surface area contributed by atoms with E-state index in [4.69, 9.17) is 28.2 Å². The molecular weight excluding hydrogens is 462 g/mol. The molecule has 0 saturated heterocycles. The molecule has 166 valence electrons. The normalized spacial score (nSPS) is 12.9. The van der Waals surface area contributed by atoms with Crippen molar-refractivity contribution < 1.29 is 18.8 Å². The average molecular weight is 480 g/mol. The molecular formula is C24H18ClN3O4S. The van der Waals surface area contributed by atoms with Gasteiger partial charge >= 0.3 is 0 Å². The van der Waals surface area contributed by atoms with E-state index in [9.17, 15) is 14.4 Å². The lowest BCUT2D eigenvalue weighted by Gasteiger charge is -2.08. The molecule has 1 aliphatic heterocycles. The number of thiocarbonyl (C=S) groups is 1. The lowest BCUT2D eigenvalue weighted by Crippen LogP contribution is -2.32. The van der Waals surface area contributed by atoms with Gasteiger partial charge in [-0.2, -0.15) is 0 Å². The molecule has 0 bridgehead atoms. The summed E-state index contributed by atoms with van der Waals surface area (Å²) in [6, 6.07) is 13.8. The molecule has 1 aromatic heterocycles. The molecule has 3 aromatic rings. The monoisotopic (exact) mass is 479 g/mol. The smallest absolute Gasteiger partial charge is 0.261 e. The first-order chi connectivity index (χ1) is 15.7. The number of amides is 3. The molecule has 4 rings (SSSR count). The van der Waals surface area contributed by atoms with Crippen LogP contribution in [0.25, 0.3) is 17.4 Å². The minimum Gasteiger partial charge on any atom is -0.457 e. The van der Waals surface area contributed by atoms with Crippen LogP contribution in [0.5, 0.6) is 0 Å². The van der Waals surface area contributed by atoms with Crippen LogP contribution in [-0.2, 0) is 4.79 Å². The van der Waals surface area contributed by atoms with E-state index in [-0.39, 0.29) is 22.5 Å². The number of benzene rings is 2. The maximum atomic E-state index is 12.2. The Labute approximate surface area is 200 Å². The number of hydrogen-bond acceptors (Lipinski definition) is 5. The Balaban J connectivity index is 1.36. The summed E-state index contributed by atoms with van der Waals surface area (Å²) >= 11 is 11.3. The van der Waals surface area contributed by atoms with Crippen molar-refractivity contribution in [1.82, 2.24) is 10.2 Å². The molecule has 1 aliphatic rings. The van der Waals surface area contributed by atoms with Gasteiger partial charge in [0, 0.05) is 29.4 Å². The molecule has 0 fully saturated rings. The van der Waals surface area contributed by atoms with Gasteiger partial charge in [-0.3, -0.25) is 24.6 Å². The van der Waals surface area contributed by atoms with Gasteiger partial charge in [-0.1, -0.05) is 23.7 Å². The van der Waals surface area contributed by atoms with E-state index in [0.717, 1.165) is 16.0 Å². The molecule has 33 heavy (non-hydrogen) atoms. The van der Waals surface area contributed by atoms with Crippen LogP contribution >= 0.6 is 23.8 Å². The Kier molecular flexibility index (Phi) is 6.13. The highest BCUT2D eigenvalue weighted by atomic mass is 35.5. The van der Waals surface area contributed by atoms with Crippen LogP contribution in [0.1, 0.15) is 32.0 Å². The van der Waals surface area contributed by atoms with E-state index in [2.05, 4.69) is 10.6 Å². The second kappa shape index (κ2) is 9.01. The van der Waals surface area contributed by atoms with E-state index in [1.54, 1.807) is 24.3 Å².